The summed E-state index contributed by atoms with van der Waals surface area (Å²) in [5.41, 5.74) is 0. The SMILES string of the molecule is CCCC(=O)O.CCCCCC(=O)O.CCCCCC(=O)O.CCCCCC(=O)O. The maximum atomic E-state index is 9.87. The number of carboxylic acid groups (broad SMARTS) is 4. The fourth-order valence-electron chi connectivity index (χ4n) is 1.79. The second-order valence-corrected chi connectivity index (χ2v) is 6.70. The molecule has 0 aliphatic rings. The lowest BCUT2D eigenvalue weighted by atomic mass is 10.2. The van der Waals surface area contributed by atoms with Crippen LogP contribution in [-0.4, -0.2) is 44.3 Å². The number of aliphatic carboxylic acids is 4. The molecule has 0 unspecified atom stereocenters. The molecule has 0 saturated carbocycles. The van der Waals surface area contributed by atoms with Crippen molar-refractivity contribution in [1.29, 1.82) is 0 Å². The lowest BCUT2D eigenvalue weighted by Gasteiger charge is -1.89. The highest BCUT2D eigenvalue weighted by molar-refractivity contribution is 5.67. The summed E-state index contributed by atoms with van der Waals surface area (Å²) in [6, 6.07) is 0. The van der Waals surface area contributed by atoms with E-state index in [9.17, 15) is 19.2 Å². The summed E-state index contributed by atoms with van der Waals surface area (Å²) in [4.78, 5) is 39.2. The standard InChI is InChI=1S/3C6H12O2.C4H8O2/c3*1-2-3-4-5-6(7)8;1-2-3-4(5)6/h3*2-5H2,1H3,(H,7,8);2-3H2,1H3,(H,5,6). The van der Waals surface area contributed by atoms with E-state index in [-0.39, 0.29) is 0 Å². The van der Waals surface area contributed by atoms with Gasteiger partial charge in [0.05, 0.1) is 0 Å². The van der Waals surface area contributed by atoms with Crippen LogP contribution in [0.25, 0.3) is 0 Å². The van der Waals surface area contributed by atoms with Crippen molar-refractivity contribution in [2.75, 3.05) is 0 Å². The van der Waals surface area contributed by atoms with Crippen molar-refractivity contribution in [3.05, 3.63) is 0 Å². The predicted molar refractivity (Wildman–Crippen MR) is 118 cm³/mol. The molecule has 30 heavy (non-hydrogen) atoms. The van der Waals surface area contributed by atoms with Gasteiger partial charge in [-0.05, 0) is 25.7 Å². The van der Waals surface area contributed by atoms with Crippen LogP contribution in [0.4, 0.5) is 0 Å². The molecule has 0 saturated heterocycles. The van der Waals surface area contributed by atoms with Crippen molar-refractivity contribution >= 4 is 23.9 Å². The topological polar surface area (TPSA) is 149 Å². The summed E-state index contributed by atoms with van der Waals surface area (Å²) in [5, 5.41) is 32.3. The van der Waals surface area contributed by atoms with E-state index in [1.165, 1.54) is 0 Å². The van der Waals surface area contributed by atoms with Crippen LogP contribution in [-0.2, 0) is 19.2 Å². The van der Waals surface area contributed by atoms with Crippen molar-refractivity contribution in [1.82, 2.24) is 0 Å². The van der Waals surface area contributed by atoms with Gasteiger partial charge in [0.1, 0.15) is 0 Å². The molecule has 0 aliphatic heterocycles. The third-order valence-electron chi connectivity index (χ3n) is 3.45. The Balaban J connectivity index is -0.000000151. The molecule has 0 aromatic heterocycles. The van der Waals surface area contributed by atoms with Crippen LogP contribution in [0.3, 0.4) is 0 Å². The van der Waals surface area contributed by atoms with E-state index in [1.807, 2.05) is 6.92 Å². The van der Waals surface area contributed by atoms with E-state index >= 15 is 0 Å². The number of hydrogen-bond donors (Lipinski definition) is 4. The zero-order valence-corrected chi connectivity index (χ0v) is 19.3. The summed E-state index contributed by atoms with van der Waals surface area (Å²) >= 11 is 0. The van der Waals surface area contributed by atoms with Gasteiger partial charge < -0.3 is 20.4 Å². The van der Waals surface area contributed by atoms with Crippen LogP contribution in [0, 0.1) is 0 Å². The Morgan fingerprint density at radius 2 is 0.633 bits per heavy atom. The third kappa shape index (κ3) is 63.5. The second-order valence-electron chi connectivity index (χ2n) is 6.70. The van der Waals surface area contributed by atoms with Gasteiger partial charge >= 0.3 is 23.9 Å². The summed E-state index contributed by atoms with van der Waals surface area (Å²) in [6.07, 6.45) is 10.9. The van der Waals surface area contributed by atoms with Crippen molar-refractivity contribution < 1.29 is 39.6 Å². The molecule has 0 atom stereocenters. The monoisotopic (exact) mass is 436 g/mol. The van der Waals surface area contributed by atoms with Gasteiger partial charge in [0.15, 0.2) is 0 Å². The molecule has 180 valence electrons. The van der Waals surface area contributed by atoms with Crippen LogP contribution in [0.2, 0.25) is 0 Å². The Hall–Kier alpha value is -2.12. The minimum absolute atomic E-state index is 0.292. The summed E-state index contributed by atoms with van der Waals surface area (Å²) in [7, 11) is 0. The Bertz CT molecular complexity index is 360. The van der Waals surface area contributed by atoms with E-state index in [0.717, 1.165) is 64.2 Å². The number of hydrogen-bond acceptors (Lipinski definition) is 4. The molecule has 0 spiro atoms. The Morgan fingerprint density at radius 1 is 0.400 bits per heavy atom. The predicted octanol–water partition coefficient (Wildman–Crippen LogP) is 5.83. The fraction of sp³-hybridized carbons (Fsp3) is 0.818. The Labute approximate surface area is 181 Å². The molecule has 8 heteroatoms. The van der Waals surface area contributed by atoms with Crippen LogP contribution in [0.15, 0.2) is 0 Å². The van der Waals surface area contributed by atoms with Crippen molar-refractivity contribution in [3.63, 3.8) is 0 Å². The summed E-state index contributed by atoms with van der Waals surface area (Å²) in [5.74, 6) is -2.76. The van der Waals surface area contributed by atoms with E-state index in [2.05, 4.69) is 20.8 Å². The first-order valence-corrected chi connectivity index (χ1v) is 11.0. The molecule has 0 heterocycles. The number of unbranched alkanes of at least 4 members (excludes halogenated alkanes) is 6. The van der Waals surface area contributed by atoms with Gasteiger partial charge in [-0.25, -0.2) is 0 Å². The molecule has 8 nitrogen and oxygen atoms in total. The second kappa shape index (κ2) is 31.6. The van der Waals surface area contributed by atoms with Gasteiger partial charge in [-0.3, -0.25) is 19.2 Å². The molecular weight excluding hydrogens is 392 g/mol. The van der Waals surface area contributed by atoms with E-state index in [1.54, 1.807) is 0 Å². The first kappa shape index (κ1) is 35.3. The average Bonchev–Trinajstić information content (AvgIpc) is 2.63. The fourth-order valence-corrected chi connectivity index (χ4v) is 1.79. The van der Waals surface area contributed by atoms with Gasteiger partial charge in [0.25, 0.3) is 0 Å². The van der Waals surface area contributed by atoms with Crippen molar-refractivity contribution in [3.8, 4) is 0 Å². The highest BCUT2D eigenvalue weighted by Crippen LogP contribution is 1.98. The molecule has 0 amide bonds. The summed E-state index contributed by atoms with van der Waals surface area (Å²) < 4.78 is 0. The zero-order chi connectivity index (χ0) is 24.2. The van der Waals surface area contributed by atoms with Crippen molar-refractivity contribution in [2.45, 2.75) is 118 Å². The average molecular weight is 437 g/mol. The highest BCUT2D eigenvalue weighted by Gasteiger charge is 1.94. The molecule has 4 N–H and O–H groups in total. The van der Waals surface area contributed by atoms with Gasteiger partial charge in [0, 0.05) is 25.7 Å². The van der Waals surface area contributed by atoms with E-state index in [4.69, 9.17) is 20.4 Å². The molecule has 0 rings (SSSR count). The Kier molecular flexibility index (Phi) is 37.2. The molecule has 0 aromatic rings. The smallest absolute Gasteiger partial charge is 0.303 e. The lowest BCUT2D eigenvalue weighted by molar-refractivity contribution is -0.138. The van der Waals surface area contributed by atoms with E-state index < -0.39 is 23.9 Å². The van der Waals surface area contributed by atoms with Gasteiger partial charge in [-0.1, -0.05) is 66.2 Å². The number of carboxylic acids is 4. The zero-order valence-electron chi connectivity index (χ0n) is 19.3. The highest BCUT2D eigenvalue weighted by atomic mass is 16.4. The molecule has 0 aliphatic carbocycles. The van der Waals surface area contributed by atoms with Crippen LogP contribution in [0.1, 0.15) is 118 Å². The lowest BCUT2D eigenvalue weighted by Crippen LogP contribution is -1.92. The Morgan fingerprint density at radius 3 is 0.733 bits per heavy atom. The maximum absolute atomic E-state index is 9.87. The first-order chi connectivity index (χ1) is 14.1. The van der Waals surface area contributed by atoms with Crippen molar-refractivity contribution in [2.24, 2.45) is 0 Å². The normalized spacial score (nSPS) is 8.93. The summed E-state index contributed by atoms with van der Waals surface area (Å²) in [6.45, 7) is 8.01. The molecule has 0 bridgehead atoms. The molecule has 0 aromatic carbocycles. The minimum Gasteiger partial charge on any atom is -0.481 e. The largest absolute Gasteiger partial charge is 0.481 e. The molecule has 0 radical (unpaired) electrons. The van der Waals surface area contributed by atoms with E-state index in [0.29, 0.717) is 25.7 Å². The van der Waals surface area contributed by atoms with Crippen LogP contribution >= 0.6 is 0 Å². The van der Waals surface area contributed by atoms with Crippen LogP contribution in [0.5, 0.6) is 0 Å². The van der Waals surface area contributed by atoms with Gasteiger partial charge in [0.2, 0.25) is 0 Å². The quantitative estimate of drug-likeness (QED) is 0.249. The van der Waals surface area contributed by atoms with Gasteiger partial charge in [-0.2, -0.15) is 0 Å². The molecule has 0 fully saturated rings. The first-order valence-electron chi connectivity index (χ1n) is 11.0. The van der Waals surface area contributed by atoms with Gasteiger partial charge in [-0.15, -0.1) is 0 Å². The molecular formula is C22H44O8. The number of rotatable bonds is 14. The maximum Gasteiger partial charge on any atom is 0.303 e. The number of carbonyl (C=O) groups is 4. The third-order valence-corrected chi connectivity index (χ3v) is 3.45. The van der Waals surface area contributed by atoms with Crippen LogP contribution < -0.4 is 0 Å². The minimum atomic E-state index is -0.711.